The second-order valence-electron chi connectivity index (χ2n) is 8.44. The van der Waals surface area contributed by atoms with E-state index in [4.69, 9.17) is 4.74 Å². The highest BCUT2D eigenvalue weighted by molar-refractivity contribution is 4.71. The first kappa shape index (κ1) is 20.9. The molecule has 1 saturated heterocycles. The minimum Gasteiger partial charge on any atom is -0.381 e. The van der Waals surface area contributed by atoms with Crippen LogP contribution in [0.25, 0.3) is 0 Å². The third-order valence-electron chi connectivity index (χ3n) is 5.20. The number of hydrogen-bond acceptors (Lipinski definition) is 3. The van der Waals surface area contributed by atoms with Crippen LogP contribution < -0.4 is 0 Å². The average Bonchev–Trinajstić information content (AvgIpc) is 2.52. The molecule has 0 amide bonds. The molecular weight excluding hydrogens is 284 g/mol. The van der Waals surface area contributed by atoms with E-state index >= 15 is 0 Å². The summed E-state index contributed by atoms with van der Waals surface area (Å²) in [4.78, 5) is 5.20. The Morgan fingerprint density at radius 2 is 1.48 bits per heavy atom. The fraction of sp³-hybridized carbons (Fsp3) is 1.00. The predicted molar refractivity (Wildman–Crippen MR) is 101 cm³/mol. The summed E-state index contributed by atoms with van der Waals surface area (Å²) in [5.41, 5.74) is 0.458. The lowest BCUT2D eigenvalue weighted by Crippen LogP contribution is -2.46. The van der Waals surface area contributed by atoms with Crippen LogP contribution >= 0.6 is 0 Å². The van der Waals surface area contributed by atoms with Crippen LogP contribution in [-0.2, 0) is 4.74 Å². The SMILES string of the molecule is CCN1CCN(CCCCC[C@@H](CCCC(C)(C)C)OC)CC1. The number of ether oxygens (including phenoxy) is 1. The molecule has 1 heterocycles. The van der Waals surface area contributed by atoms with E-state index in [1.54, 1.807) is 0 Å². The number of likely N-dealkylation sites (N-methyl/N-ethyl adjacent to an activating group) is 1. The third kappa shape index (κ3) is 10.4. The summed E-state index contributed by atoms with van der Waals surface area (Å²) in [6, 6.07) is 0. The molecular formula is C20H42N2O. The Hall–Kier alpha value is -0.120. The maximum absolute atomic E-state index is 5.67. The van der Waals surface area contributed by atoms with Gasteiger partial charge in [0, 0.05) is 33.3 Å². The van der Waals surface area contributed by atoms with Crippen LogP contribution in [0.1, 0.15) is 72.6 Å². The molecule has 0 aromatic rings. The van der Waals surface area contributed by atoms with Crippen molar-refractivity contribution < 1.29 is 4.74 Å². The zero-order valence-corrected chi connectivity index (χ0v) is 16.6. The summed E-state index contributed by atoms with van der Waals surface area (Å²) in [6.07, 6.45) is 9.57. The Morgan fingerprint density at radius 1 is 0.870 bits per heavy atom. The number of unbranched alkanes of at least 4 members (excludes halogenated alkanes) is 2. The van der Waals surface area contributed by atoms with Crippen LogP contribution in [0.3, 0.4) is 0 Å². The Bertz CT molecular complexity index is 280. The van der Waals surface area contributed by atoms with E-state index in [0.29, 0.717) is 11.5 Å². The van der Waals surface area contributed by atoms with Gasteiger partial charge in [-0.15, -0.1) is 0 Å². The van der Waals surface area contributed by atoms with E-state index < -0.39 is 0 Å². The minimum absolute atomic E-state index is 0.458. The fourth-order valence-electron chi connectivity index (χ4n) is 3.45. The van der Waals surface area contributed by atoms with Gasteiger partial charge in [0.15, 0.2) is 0 Å². The molecule has 0 aromatic carbocycles. The Labute approximate surface area is 145 Å². The Kier molecular flexibility index (Phi) is 10.4. The van der Waals surface area contributed by atoms with Crippen LogP contribution in [0.15, 0.2) is 0 Å². The third-order valence-corrected chi connectivity index (χ3v) is 5.20. The Balaban J connectivity index is 2.00. The number of piperazine rings is 1. The number of methoxy groups -OCH3 is 1. The molecule has 0 saturated carbocycles. The van der Waals surface area contributed by atoms with Crippen molar-refractivity contribution in [3.05, 3.63) is 0 Å². The molecule has 1 aliphatic heterocycles. The van der Waals surface area contributed by atoms with Gasteiger partial charge in [0.2, 0.25) is 0 Å². The van der Waals surface area contributed by atoms with E-state index in [9.17, 15) is 0 Å². The van der Waals surface area contributed by atoms with Crippen molar-refractivity contribution in [2.24, 2.45) is 5.41 Å². The normalized spacial score (nSPS) is 19.2. The lowest BCUT2D eigenvalue weighted by Gasteiger charge is -2.34. The fourth-order valence-corrected chi connectivity index (χ4v) is 3.45. The van der Waals surface area contributed by atoms with Gasteiger partial charge in [0.05, 0.1) is 6.10 Å². The quantitative estimate of drug-likeness (QED) is 0.523. The summed E-state index contributed by atoms with van der Waals surface area (Å²) in [7, 11) is 1.88. The molecule has 23 heavy (non-hydrogen) atoms. The first-order chi connectivity index (χ1) is 10.9. The van der Waals surface area contributed by atoms with Crippen molar-refractivity contribution in [3.8, 4) is 0 Å². The molecule has 1 rings (SSSR count). The van der Waals surface area contributed by atoms with E-state index in [1.807, 2.05) is 7.11 Å². The summed E-state index contributed by atoms with van der Waals surface area (Å²) in [5, 5.41) is 0. The average molecular weight is 327 g/mol. The van der Waals surface area contributed by atoms with E-state index in [-0.39, 0.29) is 0 Å². The number of rotatable bonds is 11. The van der Waals surface area contributed by atoms with Crippen molar-refractivity contribution in [3.63, 3.8) is 0 Å². The number of hydrogen-bond donors (Lipinski definition) is 0. The molecule has 138 valence electrons. The van der Waals surface area contributed by atoms with E-state index in [1.165, 1.54) is 84.2 Å². The molecule has 0 spiro atoms. The van der Waals surface area contributed by atoms with Crippen molar-refractivity contribution in [2.75, 3.05) is 46.4 Å². The van der Waals surface area contributed by atoms with Gasteiger partial charge in [-0.2, -0.15) is 0 Å². The lowest BCUT2D eigenvalue weighted by atomic mass is 9.89. The van der Waals surface area contributed by atoms with Crippen LogP contribution in [-0.4, -0.2) is 62.3 Å². The van der Waals surface area contributed by atoms with E-state index in [0.717, 1.165) is 0 Å². The maximum Gasteiger partial charge on any atom is 0.0571 e. The first-order valence-electron chi connectivity index (χ1n) is 9.92. The predicted octanol–water partition coefficient (Wildman–Crippen LogP) is 4.42. The van der Waals surface area contributed by atoms with Gasteiger partial charge in [-0.25, -0.2) is 0 Å². The van der Waals surface area contributed by atoms with Gasteiger partial charge in [-0.3, -0.25) is 0 Å². The lowest BCUT2D eigenvalue weighted by molar-refractivity contribution is 0.0803. The van der Waals surface area contributed by atoms with Gasteiger partial charge in [-0.1, -0.05) is 47.0 Å². The van der Waals surface area contributed by atoms with Gasteiger partial charge in [-0.05, 0) is 44.2 Å². The Morgan fingerprint density at radius 3 is 2.04 bits per heavy atom. The van der Waals surface area contributed by atoms with Gasteiger partial charge < -0.3 is 14.5 Å². The van der Waals surface area contributed by atoms with Crippen LogP contribution in [0.4, 0.5) is 0 Å². The molecule has 1 aliphatic rings. The standard InChI is InChI=1S/C20H42N2O/c1-6-21-15-17-22(18-16-21)14-9-7-8-11-19(23-5)12-10-13-20(2,3)4/h19H,6-18H2,1-5H3/t19-/m0/s1. The van der Waals surface area contributed by atoms with Crippen LogP contribution in [0.2, 0.25) is 0 Å². The zero-order chi connectivity index (χ0) is 17.1. The smallest absolute Gasteiger partial charge is 0.0571 e. The van der Waals surface area contributed by atoms with Crippen molar-refractivity contribution in [1.29, 1.82) is 0 Å². The van der Waals surface area contributed by atoms with Gasteiger partial charge in [0.1, 0.15) is 0 Å². The van der Waals surface area contributed by atoms with Gasteiger partial charge in [0.25, 0.3) is 0 Å². The molecule has 0 bridgehead atoms. The molecule has 0 unspecified atom stereocenters. The summed E-state index contributed by atoms with van der Waals surface area (Å²) in [6.45, 7) is 16.8. The van der Waals surface area contributed by atoms with Crippen molar-refractivity contribution >= 4 is 0 Å². The van der Waals surface area contributed by atoms with Crippen LogP contribution in [0.5, 0.6) is 0 Å². The van der Waals surface area contributed by atoms with E-state index in [2.05, 4.69) is 37.5 Å². The molecule has 3 heteroatoms. The van der Waals surface area contributed by atoms with Crippen LogP contribution in [0, 0.1) is 5.41 Å². The molecule has 3 nitrogen and oxygen atoms in total. The van der Waals surface area contributed by atoms with Gasteiger partial charge >= 0.3 is 0 Å². The molecule has 0 aromatic heterocycles. The maximum atomic E-state index is 5.67. The summed E-state index contributed by atoms with van der Waals surface area (Å²) >= 11 is 0. The highest BCUT2D eigenvalue weighted by Crippen LogP contribution is 2.23. The topological polar surface area (TPSA) is 15.7 Å². The molecule has 0 radical (unpaired) electrons. The summed E-state index contributed by atoms with van der Waals surface area (Å²) in [5.74, 6) is 0. The minimum atomic E-state index is 0.458. The largest absolute Gasteiger partial charge is 0.381 e. The second-order valence-corrected chi connectivity index (χ2v) is 8.44. The zero-order valence-electron chi connectivity index (χ0n) is 16.6. The highest BCUT2D eigenvalue weighted by Gasteiger charge is 2.15. The molecule has 0 N–H and O–H groups in total. The second kappa shape index (κ2) is 11.4. The molecule has 1 fully saturated rings. The monoisotopic (exact) mass is 326 g/mol. The highest BCUT2D eigenvalue weighted by atomic mass is 16.5. The molecule has 0 aliphatic carbocycles. The molecule has 1 atom stereocenters. The van der Waals surface area contributed by atoms with Crippen molar-refractivity contribution in [1.82, 2.24) is 9.80 Å². The first-order valence-corrected chi connectivity index (χ1v) is 9.92. The van der Waals surface area contributed by atoms with Crippen molar-refractivity contribution in [2.45, 2.75) is 78.7 Å². The summed E-state index contributed by atoms with van der Waals surface area (Å²) < 4.78 is 5.67. The number of nitrogens with zero attached hydrogens (tertiary/aromatic N) is 2.